The van der Waals surface area contributed by atoms with E-state index in [0.717, 1.165) is 38.5 Å². The molecule has 9 atom stereocenters. The summed E-state index contributed by atoms with van der Waals surface area (Å²) in [6.07, 6.45) is 11.1. The summed E-state index contributed by atoms with van der Waals surface area (Å²) in [4.78, 5) is 55.0. The number of nitrogens with one attached hydrogen (secondary N) is 5. The average molecular weight is 694 g/mol. The van der Waals surface area contributed by atoms with E-state index in [0.29, 0.717) is 25.9 Å². The number of hydrazine groups is 3. The highest BCUT2D eigenvalue weighted by Crippen LogP contribution is 2.45. The number of alkyl halides is 1. The number of halogens is 1. The number of ether oxygens (including phenoxy) is 2. The van der Waals surface area contributed by atoms with Crippen molar-refractivity contribution >= 4 is 35.5 Å². The molecule has 2 saturated carbocycles. The zero-order chi connectivity index (χ0) is 34.6. The fraction of sp³-hybridized carbons (Fsp3) is 0.758. The molecule has 4 fully saturated rings. The first kappa shape index (κ1) is 36.5. The van der Waals surface area contributed by atoms with Crippen LogP contribution in [0.25, 0.3) is 0 Å². The van der Waals surface area contributed by atoms with E-state index in [-0.39, 0.29) is 48.5 Å². The van der Waals surface area contributed by atoms with Crippen LogP contribution >= 0.6 is 11.6 Å². The van der Waals surface area contributed by atoms with Gasteiger partial charge >= 0.3 is 12.1 Å². The number of aliphatic carboxylic acids is 1. The van der Waals surface area contributed by atoms with Crippen molar-refractivity contribution in [2.75, 3.05) is 13.2 Å². The lowest BCUT2D eigenvalue weighted by Gasteiger charge is -2.35. The molecule has 268 valence electrons. The first-order valence-electron chi connectivity index (χ1n) is 17.3. The second-order valence-corrected chi connectivity index (χ2v) is 15.3. The van der Waals surface area contributed by atoms with Gasteiger partial charge in [-0.2, -0.15) is 10.7 Å². The molecule has 3 amide bonds. The first-order valence-corrected chi connectivity index (χ1v) is 17.7. The van der Waals surface area contributed by atoms with E-state index in [2.05, 4.69) is 33.6 Å². The maximum Gasteiger partial charge on any atom is 0.408 e. The summed E-state index contributed by atoms with van der Waals surface area (Å²) in [6.45, 7) is 9.59. The number of carboxylic acid groups (broad SMARTS) is 1. The molecule has 0 aromatic rings. The fourth-order valence-corrected chi connectivity index (χ4v) is 7.72. The number of hydrogen-bond acceptors (Lipinski definition) is 10. The molecule has 5 aliphatic rings. The molecular weight excluding hydrogens is 642 g/mol. The van der Waals surface area contributed by atoms with Crippen LogP contribution in [0.3, 0.4) is 0 Å². The Kier molecular flexibility index (Phi) is 11.7. The van der Waals surface area contributed by atoms with Crippen molar-refractivity contribution in [3.05, 3.63) is 24.8 Å². The summed E-state index contributed by atoms with van der Waals surface area (Å²) in [5.41, 5.74) is 7.77. The summed E-state index contributed by atoms with van der Waals surface area (Å²) >= 11 is 6.69. The van der Waals surface area contributed by atoms with Crippen molar-refractivity contribution in [2.45, 2.75) is 132 Å². The predicted molar refractivity (Wildman–Crippen MR) is 178 cm³/mol. The monoisotopic (exact) mass is 693 g/mol. The Hall–Kier alpha value is -2.75. The normalized spacial score (nSPS) is 37.3. The van der Waals surface area contributed by atoms with E-state index >= 15 is 0 Å². The highest BCUT2D eigenvalue weighted by molar-refractivity contribution is 6.21. The number of hydrogen-bond donors (Lipinski definition) is 6. The molecule has 0 aromatic carbocycles. The van der Waals surface area contributed by atoms with E-state index in [9.17, 15) is 24.3 Å². The van der Waals surface area contributed by atoms with E-state index in [4.69, 9.17) is 21.1 Å². The van der Waals surface area contributed by atoms with Crippen molar-refractivity contribution in [2.24, 2.45) is 11.8 Å². The lowest BCUT2D eigenvalue weighted by Crippen LogP contribution is -2.56. The van der Waals surface area contributed by atoms with Gasteiger partial charge in [0.25, 0.3) is 0 Å². The number of alkyl carbamates (subject to hydrolysis) is 1. The molecule has 3 heterocycles. The van der Waals surface area contributed by atoms with Crippen molar-refractivity contribution < 1.29 is 33.8 Å². The number of carboxylic acids is 1. The molecule has 6 N–H and O–H groups in total. The minimum absolute atomic E-state index is 0.0352. The smallest absolute Gasteiger partial charge is 0.408 e. The zero-order valence-corrected chi connectivity index (χ0v) is 29.0. The molecule has 2 aliphatic carbocycles. The van der Waals surface area contributed by atoms with Gasteiger partial charge < -0.3 is 30.1 Å². The Morgan fingerprint density at radius 1 is 1.19 bits per heavy atom. The molecular formula is C33H52ClN7O7. The van der Waals surface area contributed by atoms with E-state index in [1.54, 1.807) is 32.0 Å². The van der Waals surface area contributed by atoms with Crippen LogP contribution in [0.15, 0.2) is 24.8 Å². The van der Waals surface area contributed by atoms with Crippen LogP contribution in [0.2, 0.25) is 0 Å². The van der Waals surface area contributed by atoms with E-state index in [1.165, 1.54) is 4.90 Å². The Balaban J connectivity index is 1.33. The topological polar surface area (TPSA) is 174 Å². The van der Waals surface area contributed by atoms with Gasteiger partial charge in [-0.25, -0.2) is 20.4 Å². The van der Waals surface area contributed by atoms with Gasteiger partial charge in [-0.05, 0) is 78.1 Å². The highest BCUT2D eigenvalue weighted by atomic mass is 35.5. The van der Waals surface area contributed by atoms with E-state index in [1.807, 2.05) is 12.2 Å². The molecule has 4 unspecified atom stereocenters. The van der Waals surface area contributed by atoms with Gasteiger partial charge in [0.2, 0.25) is 11.8 Å². The molecule has 3 aliphatic heterocycles. The molecule has 0 aromatic heterocycles. The van der Waals surface area contributed by atoms with Crippen molar-refractivity contribution in [3.8, 4) is 0 Å². The van der Waals surface area contributed by atoms with Crippen LogP contribution in [0.1, 0.15) is 85.0 Å². The maximum atomic E-state index is 14.3. The van der Waals surface area contributed by atoms with Gasteiger partial charge in [0, 0.05) is 12.5 Å². The molecule has 0 bridgehead atoms. The quantitative estimate of drug-likeness (QED) is 0.171. The molecule has 5 rings (SSSR count). The summed E-state index contributed by atoms with van der Waals surface area (Å²) in [5.74, 6) is -2.14. The van der Waals surface area contributed by atoms with Crippen LogP contribution in [0.5, 0.6) is 0 Å². The summed E-state index contributed by atoms with van der Waals surface area (Å²) in [6, 6.07) is -2.22. The number of allylic oxidation sites excluding steroid dienone is 1. The lowest BCUT2D eigenvalue weighted by molar-refractivity contribution is -0.145. The first-order chi connectivity index (χ1) is 22.8. The number of nitrogens with zero attached hydrogens (tertiary/aromatic N) is 2. The largest absolute Gasteiger partial charge is 0.479 e. The summed E-state index contributed by atoms with van der Waals surface area (Å²) in [5, 5.41) is 17.3. The van der Waals surface area contributed by atoms with Gasteiger partial charge in [-0.1, -0.05) is 31.1 Å². The lowest BCUT2D eigenvalue weighted by atomic mass is 9.85. The van der Waals surface area contributed by atoms with Crippen molar-refractivity contribution in [3.63, 3.8) is 0 Å². The summed E-state index contributed by atoms with van der Waals surface area (Å²) in [7, 11) is 0. The van der Waals surface area contributed by atoms with Crippen LogP contribution in [-0.2, 0) is 23.9 Å². The molecule has 0 radical (unpaired) electrons. The Labute approximate surface area is 287 Å². The minimum atomic E-state index is -1.40. The number of amides is 3. The van der Waals surface area contributed by atoms with Crippen LogP contribution in [0, 0.1) is 11.8 Å². The highest BCUT2D eigenvalue weighted by Gasteiger charge is 2.61. The Morgan fingerprint density at radius 2 is 1.98 bits per heavy atom. The van der Waals surface area contributed by atoms with Gasteiger partial charge in [-0.15, -0.1) is 18.2 Å². The van der Waals surface area contributed by atoms with Crippen molar-refractivity contribution in [1.82, 2.24) is 37.0 Å². The summed E-state index contributed by atoms with van der Waals surface area (Å²) < 4.78 is 11.3. The van der Waals surface area contributed by atoms with Gasteiger partial charge in [0.05, 0.1) is 30.3 Å². The number of rotatable bonds is 7. The molecule has 48 heavy (non-hydrogen) atoms. The van der Waals surface area contributed by atoms with E-state index < -0.39 is 47.1 Å². The third-order valence-corrected chi connectivity index (χ3v) is 10.4. The standard InChI is InChI=1S/C33H52ClN7O7/c1-5-15-47-26-14-13-20(16-23(26)34)27-37-39-41(38-27)22-17-25-28(42)36-33(30(44)45)18-21(33)11-9-7-6-8-10-12-24(29(43)40(25)19-22)35-31(46)48-32(2,3)4/h5,9,11,20-27,37-39H,1,6-8,10,12-19H2,2-4H3,(H,35,46)(H,36,42)(H,44,45)/b11-9-/t20?,21-,22+,23?,24-,25+,26?,27?,33+/m1/s1. The van der Waals surface area contributed by atoms with Gasteiger partial charge in [0.1, 0.15) is 23.2 Å². The minimum Gasteiger partial charge on any atom is -0.479 e. The predicted octanol–water partition coefficient (Wildman–Crippen LogP) is 2.46. The number of carbonyl (C=O) groups is 4. The van der Waals surface area contributed by atoms with Gasteiger partial charge in [0.15, 0.2) is 0 Å². The molecule has 15 heteroatoms. The molecule has 14 nitrogen and oxygen atoms in total. The average Bonchev–Trinajstić information content (AvgIpc) is 3.32. The van der Waals surface area contributed by atoms with Crippen molar-refractivity contribution in [1.29, 1.82) is 0 Å². The third-order valence-electron chi connectivity index (χ3n) is 9.97. The Bertz CT molecular complexity index is 1250. The van der Waals surface area contributed by atoms with Crippen LogP contribution < -0.4 is 27.0 Å². The van der Waals surface area contributed by atoms with Crippen LogP contribution in [0.4, 0.5) is 4.79 Å². The second-order valence-electron chi connectivity index (χ2n) is 14.7. The number of fused-ring (bicyclic) bond motifs is 2. The molecule has 2 saturated heterocycles. The fourth-order valence-electron chi connectivity index (χ4n) is 7.29. The maximum absolute atomic E-state index is 14.3. The SMILES string of the molecule is C=CCOC1CCC(C2NNN([C@H]3C[C@H]4C(=O)N[C@@]5(C(=O)O)C[C@H]5/C=C\CCCCC[C@@H](NC(=O)OC(C)(C)C)C(=O)N4C3)N2)CC1Cl. The van der Waals surface area contributed by atoms with Gasteiger partial charge in [-0.3, -0.25) is 9.59 Å². The second kappa shape index (κ2) is 15.4. The molecule has 0 spiro atoms. The third kappa shape index (κ3) is 8.69. The van der Waals surface area contributed by atoms with Crippen LogP contribution in [-0.4, -0.2) is 99.1 Å². The number of carbonyl (C=O) groups excluding carboxylic acids is 3. The Morgan fingerprint density at radius 3 is 2.69 bits per heavy atom. The zero-order valence-electron chi connectivity index (χ0n) is 28.2.